The highest BCUT2D eigenvalue weighted by Crippen LogP contribution is 2.42. The minimum Gasteiger partial charge on any atom is -0.508 e. The molecule has 0 saturated heterocycles. The molecule has 1 aromatic heterocycles. The summed E-state index contributed by atoms with van der Waals surface area (Å²) in [6.45, 7) is 10.4. The van der Waals surface area contributed by atoms with Crippen molar-refractivity contribution in [2.45, 2.75) is 53.9 Å². The third-order valence-electron chi connectivity index (χ3n) is 12.1. The number of aliphatic hydroxyl groups is 2. The summed E-state index contributed by atoms with van der Waals surface area (Å²) in [7, 11) is -23.4. The number of phenolic OH excluding ortho intramolecular Hbond substituents is 10. The number of carbonyl (C=O) groups is 6. The lowest BCUT2D eigenvalue weighted by Crippen LogP contribution is -2.24. The quantitative estimate of drug-likeness (QED) is 0.0617. The summed E-state index contributed by atoms with van der Waals surface area (Å²) < 4.78 is 170. The van der Waals surface area contributed by atoms with Gasteiger partial charge >= 0.3 is 41.9 Å². The SMILES string of the molecule is C.CC1=CC(=O)C=CC1=O.Cc1cc(O)c(-c2cc(O)c(C)cc2O)cc1O.Cc1cc(O)c2c(c1)oc1cc(C)c(O)cc12.Cc1cc(O)ccc1O.O=C1C=C(O)C(=O)C(S(=O)(=O)O)=C1O.O=C1C=CC(=O)C(S(=O)(=O)O)=C1.O=S(=O)(O)c1cc(O)ccc1O.O=S(=O)=O.O=S(=O)=O.O=S(=O)=O. The van der Waals surface area contributed by atoms with Gasteiger partial charge in [0.05, 0.1) is 5.39 Å². The third-order valence-corrected chi connectivity index (χ3v) is 14.7. The molecule has 0 fully saturated rings. The molecule has 0 spiro atoms. The highest BCUT2D eigenvalue weighted by Gasteiger charge is 2.36. The Morgan fingerprint density at radius 2 is 0.788 bits per heavy atom. The zero-order valence-corrected chi connectivity index (χ0v) is 57.7. The van der Waals surface area contributed by atoms with Gasteiger partial charge in [-0.25, -0.2) is 0 Å². The molecule has 3 aliphatic carbocycles. The van der Waals surface area contributed by atoms with Crippen LogP contribution in [-0.2, 0) is 90.9 Å². The van der Waals surface area contributed by atoms with Gasteiger partial charge in [-0.1, -0.05) is 7.43 Å². The second kappa shape index (κ2) is 39.7. The van der Waals surface area contributed by atoms with Gasteiger partial charge in [0.2, 0.25) is 11.6 Å². The summed E-state index contributed by atoms with van der Waals surface area (Å²) in [6.07, 6.45) is 6.56. The van der Waals surface area contributed by atoms with Crippen LogP contribution in [0.3, 0.4) is 0 Å². The van der Waals surface area contributed by atoms with Crippen molar-refractivity contribution in [1.29, 1.82) is 0 Å². The van der Waals surface area contributed by atoms with Crippen LogP contribution >= 0.6 is 0 Å². The van der Waals surface area contributed by atoms with Crippen LogP contribution in [0.2, 0.25) is 0 Å². The topological polar surface area (TPSA) is 675 Å². The Labute approximate surface area is 591 Å². The van der Waals surface area contributed by atoms with E-state index in [1.807, 2.05) is 19.9 Å². The summed E-state index contributed by atoms with van der Waals surface area (Å²) in [4.78, 5) is 61.0. The molecule has 15 N–H and O–H groups in total. The first kappa shape index (κ1) is 91.8. The van der Waals surface area contributed by atoms with Crippen LogP contribution in [0.15, 0.2) is 164 Å². The highest BCUT2D eigenvalue weighted by molar-refractivity contribution is 7.91. The number of hydrogen-bond donors (Lipinski definition) is 15. The van der Waals surface area contributed by atoms with Crippen LogP contribution < -0.4 is 0 Å². The minimum atomic E-state index is -5.03. The van der Waals surface area contributed by atoms with Gasteiger partial charge in [-0.3, -0.25) is 42.4 Å². The molecule has 0 unspecified atom stereocenters. The summed E-state index contributed by atoms with van der Waals surface area (Å²) in [5.41, 5.74) is 5.83. The summed E-state index contributed by atoms with van der Waals surface area (Å²) >= 11 is 0. The molecule has 6 aromatic carbocycles. The van der Waals surface area contributed by atoms with Gasteiger partial charge in [0.25, 0.3) is 20.2 Å². The maximum absolute atomic E-state index is 10.9. The van der Waals surface area contributed by atoms with E-state index < -0.39 is 117 Å². The van der Waals surface area contributed by atoms with Gasteiger partial charge < -0.3 is 65.7 Å². The zero-order chi connectivity index (χ0) is 79.8. The van der Waals surface area contributed by atoms with E-state index in [1.165, 1.54) is 60.7 Å². The number of rotatable bonds is 4. The van der Waals surface area contributed by atoms with E-state index in [0.29, 0.717) is 51.0 Å². The Bertz CT molecular complexity index is 5330. The molecule has 0 amide bonds. The molecule has 104 heavy (non-hydrogen) atoms. The lowest BCUT2D eigenvalue weighted by Gasteiger charge is -2.11. The maximum Gasteiger partial charge on any atom is 0.425 e. The van der Waals surface area contributed by atoms with E-state index in [0.717, 1.165) is 46.9 Å². The standard InChI is InChI=1S/C14H14O4.C14H12O3.C7H8O2.C7H6O2.C6H4O7S.C6H6O5S.C6H4O5S.CH4.3O3S/c1-7-3-13(17)9(5-11(7)15)10-6-12(16)8(2)4-14(10)18;1-7-3-11(16)14-9-6-10(15)8(2)5-12(9)17-13(14)4-7;2*1-5-4-6(8)2-3-7(5)9;7-2-1-3(8)5(10)6(4(2)9)14(11,12)13;2*7-4-1-2-5(8)6(3-4)12(9,10)11;;3*1-4(2)3/h3-6,15-18H,1-2H3;3-6,15-16H,1-2H3;2-4,8-9H,1H3;2-4H,1H3;1,7,10H,(H,11,12,13);1-3,7-8H,(H,9,10,11);1-3H,(H,9,10,11);1H4;;;. The second-order valence-corrected chi connectivity index (χ2v) is 25.2. The van der Waals surface area contributed by atoms with Gasteiger partial charge in [0.15, 0.2) is 39.6 Å². The fourth-order valence-corrected chi connectivity index (χ4v) is 9.32. The Morgan fingerprint density at radius 1 is 0.375 bits per heavy atom. The van der Waals surface area contributed by atoms with Crippen molar-refractivity contribution >= 4 is 119 Å². The number of phenols is 10. The number of aryl methyl sites for hydroxylation is 5. The fraction of sp³-hybridized carbons (Fsp3) is 0.115. The summed E-state index contributed by atoms with van der Waals surface area (Å²) in [5, 5.41) is 113. The van der Waals surface area contributed by atoms with E-state index in [1.54, 1.807) is 45.9 Å². The molecule has 0 bridgehead atoms. The van der Waals surface area contributed by atoms with E-state index >= 15 is 0 Å². The van der Waals surface area contributed by atoms with Crippen LogP contribution in [0.1, 0.15) is 42.2 Å². The number of aromatic hydroxyl groups is 10. The summed E-state index contributed by atoms with van der Waals surface area (Å²) in [5.74, 6) is -7.32. The normalized spacial score (nSPS) is 12.6. The van der Waals surface area contributed by atoms with E-state index in [2.05, 4.69) is 0 Å². The average Bonchev–Trinajstić information content (AvgIpc) is 1.59. The Kier molecular flexibility index (Phi) is 35.0. The predicted molar refractivity (Wildman–Crippen MR) is 358 cm³/mol. The first-order chi connectivity index (χ1) is 47.1. The Balaban J connectivity index is 0.00000117. The lowest BCUT2D eigenvalue weighted by molar-refractivity contribution is -0.118. The van der Waals surface area contributed by atoms with Gasteiger partial charge in [-0.15, -0.1) is 37.9 Å². The van der Waals surface area contributed by atoms with Crippen molar-refractivity contribution in [1.82, 2.24) is 0 Å². The Morgan fingerprint density at radius 3 is 1.18 bits per heavy atom. The number of ketones is 6. The van der Waals surface area contributed by atoms with Gasteiger partial charge in [0.1, 0.15) is 78.5 Å². The number of benzene rings is 6. The largest absolute Gasteiger partial charge is 0.508 e. The number of aliphatic hydroxyl groups excluding tert-OH is 2. The monoisotopic (exact) mass is 1570 g/mol. The number of carbonyl (C=O) groups excluding carboxylic acids is 6. The van der Waals surface area contributed by atoms with E-state index in [9.17, 15) is 84.7 Å². The van der Waals surface area contributed by atoms with Crippen LogP contribution in [0.5, 0.6) is 57.5 Å². The van der Waals surface area contributed by atoms with Crippen molar-refractivity contribution < 1.29 is 171 Å². The highest BCUT2D eigenvalue weighted by atomic mass is 32.2. The molecule has 0 atom stereocenters. The van der Waals surface area contributed by atoms with Crippen LogP contribution in [0.4, 0.5) is 0 Å². The van der Waals surface area contributed by atoms with Crippen molar-refractivity contribution in [3.63, 3.8) is 0 Å². The molecule has 0 saturated carbocycles. The lowest BCUT2D eigenvalue weighted by atomic mass is 9.99. The first-order valence-corrected chi connectivity index (χ1v) is 33.9. The van der Waals surface area contributed by atoms with Gasteiger partial charge in [-0.05, 0) is 179 Å². The van der Waals surface area contributed by atoms with Crippen molar-refractivity contribution in [3.05, 3.63) is 182 Å². The average molecular weight is 1580 g/mol. The molecule has 43 heteroatoms. The number of furan rings is 1. The molecule has 0 radical (unpaired) electrons. The molecule has 560 valence electrons. The molecule has 37 nitrogen and oxygen atoms in total. The molecular weight excluding hydrogens is 1520 g/mol. The molecule has 7 aromatic rings. The van der Waals surface area contributed by atoms with Crippen LogP contribution in [-0.4, -0.2) is 173 Å². The molecule has 1 heterocycles. The van der Waals surface area contributed by atoms with Crippen molar-refractivity contribution in [3.8, 4) is 68.6 Å². The summed E-state index contributed by atoms with van der Waals surface area (Å²) in [6, 6.07) is 19.7. The van der Waals surface area contributed by atoms with Crippen LogP contribution in [0, 0.1) is 34.6 Å². The van der Waals surface area contributed by atoms with E-state index in [-0.39, 0.29) is 81.9 Å². The van der Waals surface area contributed by atoms with Crippen molar-refractivity contribution in [2.75, 3.05) is 0 Å². The third kappa shape index (κ3) is 29.9. The minimum absolute atomic E-state index is 0. The number of hydrogen-bond acceptors (Lipinski definition) is 34. The van der Waals surface area contributed by atoms with Gasteiger partial charge in [-0.2, -0.15) is 25.3 Å². The molecule has 10 rings (SSSR count). The molecular formula is C61H58O37S6. The molecule has 0 aliphatic heterocycles. The predicted octanol–water partition coefficient (Wildman–Crippen LogP) is 5.13. The number of fused-ring (bicyclic) bond motifs is 3. The Hall–Kier alpha value is -12.2. The van der Waals surface area contributed by atoms with Gasteiger partial charge in [0, 0.05) is 40.3 Å². The van der Waals surface area contributed by atoms with Crippen molar-refractivity contribution in [2.24, 2.45) is 0 Å². The zero-order valence-electron chi connectivity index (χ0n) is 52.8. The first-order valence-electron chi connectivity index (χ1n) is 26.6. The maximum atomic E-state index is 10.9. The fourth-order valence-electron chi connectivity index (χ4n) is 7.44. The number of allylic oxidation sites excluding steroid dienone is 10. The smallest absolute Gasteiger partial charge is 0.425 e. The van der Waals surface area contributed by atoms with E-state index in [4.69, 9.17) is 86.6 Å². The second-order valence-electron chi connectivity index (χ2n) is 19.8. The number of Topliss-reactive ketones (excluding diaryl/α,β-unsaturated/α-hetero) is 1. The molecule has 3 aliphatic rings. The van der Waals surface area contributed by atoms with Crippen LogP contribution in [0.25, 0.3) is 33.1 Å².